The molecule has 3 heteroatoms. The second-order valence-electron chi connectivity index (χ2n) is 4.61. The third-order valence-electron chi connectivity index (χ3n) is 2.94. The van der Waals surface area contributed by atoms with Gasteiger partial charge < -0.3 is 10.1 Å². The van der Waals surface area contributed by atoms with Crippen molar-refractivity contribution < 1.29 is 4.74 Å². The lowest BCUT2D eigenvalue weighted by Crippen LogP contribution is -2.18. The minimum absolute atomic E-state index is 0.395. The van der Waals surface area contributed by atoms with Crippen molar-refractivity contribution >= 4 is 28.3 Å². The molecule has 0 spiro atoms. The zero-order valence-corrected chi connectivity index (χ0v) is 13.3. The number of benzene rings is 2. The summed E-state index contributed by atoms with van der Waals surface area (Å²) in [6, 6.07) is 17.1. The molecule has 0 radical (unpaired) electrons. The van der Waals surface area contributed by atoms with E-state index in [1.54, 1.807) is 7.11 Å². The molecule has 19 heavy (non-hydrogen) atoms. The topological polar surface area (TPSA) is 21.3 Å². The van der Waals surface area contributed by atoms with Crippen LogP contribution in [0.25, 0.3) is 0 Å². The first-order valence-corrected chi connectivity index (χ1v) is 7.40. The van der Waals surface area contributed by atoms with Gasteiger partial charge in [0.1, 0.15) is 5.75 Å². The largest absolute Gasteiger partial charge is 0.497 e. The Balaban J connectivity index is 1.95. The third-order valence-corrected chi connectivity index (χ3v) is 3.61. The quantitative estimate of drug-likeness (QED) is 0.794. The van der Waals surface area contributed by atoms with Gasteiger partial charge in [-0.1, -0.05) is 18.2 Å². The van der Waals surface area contributed by atoms with Gasteiger partial charge in [-0.25, -0.2) is 0 Å². The van der Waals surface area contributed by atoms with Crippen LogP contribution in [0.4, 0.5) is 5.69 Å². The molecule has 0 fully saturated rings. The van der Waals surface area contributed by atoms with Gasteiger partial charge in [0.25, 0.3) is 0 Å². The van der Waals surface area contributed by atoms with Crippen molar-refractivity contribution in [1.29, 1.82) is 0 Å². The minimum Gasteiger partial charge on any atom is -0.497 e. The number of halogens is 1. The monoisotopic (exact) mass is 367 g/mol. The Bertz CT molecular complexity index is 525. The first kappa shape index (κ1) is 14.2. The number of anilines is 1. The molecule has 2 aromatic carbocycles. The molecule has 0 heterocycles. The number of hydrogen-bond acceptors (Lipinski definition) is 2. The van der Waals surface area contributed by atoms with Gasteiger partial charge in [0.05, 0.1) is 7.11 Å². The van der Waals surface area contributed by atoms with Crippen LogP contribution in [0.3, 0.4) is 0 Å². The van der Waals surface area contributed by atoms with E-state index in [-0.39, 0.29) is 0 Å². The Hall–Kier alpha value is -1.23. The van der Waals surface area contributed by atoms with Crippen molar-refractivity contribution in [2.75, 3.05) is 12.4 Å². The van der Waals surface area contributed by atoms with Gasteiger partial charge in [-0.15, -0.1) is 0 Å². The number of ether oxygens (including phenoxy) is 1. The molecule has 0 aliphatic rings. The highest BCUT2D eigenvalue weighted by Gasteiger charge is 2.04. The highest BCUT2D eigenvalue weighted by atomic mass is 127. The molecule has 0 aliphatic carbocycles. The van der Waals surface area contributed by atoms with E-state index in [9.17, 15) is 0 Å². The number of methoxy groups -OCH3 is 1. The summed E-state index contributed by atoms with van der Waals surface area (Å²) in [4.78, 5) is 0. The van der Waals surface area contributed by atoms with Crippen LogP contribution in [0.2, 0.25) is 0 Å². The Morgan fingerprint density at radius 3 is 2.53 bits per heavy atom. The Morgan fingerprint density at radius 2 is 1.89 bits per heavy atom. The first-order valence-electron chi connectivity index (χ1n) is 6.32. The molecule has 1 atom stereocenters. The summed E-state index contributed by atoms with van der Waals surface area (Å²) in [6.45, 7) is 2.20. The van der Waals surface area contributed by atoms with Crippen LogP contribution in [0.15, 0.2) is 48.5 Å². The molecule has 100 valence electrons. The Morgan fingerprint density at radius 1 is 1.16 bits per heavy atom. The molecule has 0 aromatic heterocycles. The maximum atomic E-state index is 5.17. The molecule has 0 saturated heterocycles. The molecule has 1 unspecified atom stereocenters. The lowest BCUT2D eigenvalue weighted by Gasteiger charge is -2.15. The van der Waals surface area contributed by atoms with Gasteiger partial charge in [0.15, 0.2) is 0 Å². The summed E-state index contributed by atoms with van der Waals surface area (Å²) >= 11 is 2.33. The average molecular weight is 367 g/mol. The molecule has 0 bridgehead atoms. The fourth-order valence-electron chi connectivity index (χ4n) is 2.03. The van der Waals surface area contributed by atoms with Crippen LogP contribution in [0.1, 0.15) is 12.5 Å². The van der Waals surface area contributed by atoms with Crippen LogP contribution < -0.4 is 10.1 Å². The third kappa shape index (κ3) is 4.42. The zero-order valence-electron chi connectivity index (χ0n) is 11.2. The predicted octanol–water partition coefficient (Wildman–Crippen LogP) is 4.34. The highest BCUT2D eigenvalue weighted by Crippen LogP contribution is 2.16. The van der Waals surface area contributed by atoms with Crippen molar-refractivity contribution in [2.24, 2.45) is 0 Å². The van der Waals surface area contributed by atoms with Crippen LogP contribution in [0, 0.1) is 3.57 Å². The van der Waals surface area contributed by atoms with Gasteiger partial charge in [-0.2, -0.15) is 0 Å². The number of hydrogen-bond donors (Lipinski definition) is 1. The zero-order chi connectivity index (χ0) is 13.7. The molecule has 2 rings (SSSR count). The summed E-state index contributed by atoms with van der Waals surface area (Å²) in [6.07, 6.45) is 0.996. The normalized spacial score (nSPS) is 11.9. The minimum atomic E-state index is 0.395. The Labute approximate surface area is 128 Å². The SMILES string of the molecule is COc1ccc(CC(C)Nc2cccc(I)c2)cc1. The fourth-order valence-corrected chi connectivity index (χ4v) is 2.57. The van der Waals surface area contributed by atoms with Crippen LogP contribution in [-0.4, -0.2) is 13.2 Å². The maximum absolute atomic E-state index is 5.17. The molecule has 2 nitrogen and oxygen atoms in total. The second kappa shape index (κ2) is 6.80. The lowest BCUT2D eigenvalue weighted by molar-refractivity contribution is 0.414. The molecule has 0 saturated carbocycles. The van der Waals surface area contributed by atoms with E-state index < -0.39 is 0 Å². The summed E-state index contributed by atoms with van der Waals surface area (Å²) in [7, 11) is 1.69. The van der Waals surface area contributed by atoms with E-state index in [1.807, 2.05) is 12.1 Å². The van der Waals surface area contributed by atoms with Gasteiger partial charge >= 0.3 is 0 Å². The summed E-state index contributed by atoms with van der Waals surface area (Å²) in [5.74, 6) is 0.905. The lowest BCUT2D eigenvalue weighted by atomic mass is 10.1. The predicted molar refractivity (Wildman–Crippen MR) is 88.9 cm³/mol. The van der Waals surface area contributed by atoms with E-state index in [4.69, 9.17) is 4.74 Å². The Kier molecular flexibility index (Phi) is 5.07. The van der Waals surface area contributed by atoms with Crippen molar-refractivity contribution in [3.63, 3.8) is 0 Å². The molecule has 2 aromatic rings. The summed E-state index contributed by atoms with van der Waals surface area (Å²) < 4.78 is 6.42. The first-order chi connectivity index (χ1) is 9.17. The number of nitrogens with one attached hydrogen (secondary N) is 1. The highest BCUT2D eigenvalue weighted by molar-refractivity contribution is 14.1. The van der Waals surface area contributed by atoms with Gasteiger partial charge in [-0.05, 0) is 71.8 Å². The molecule has 0 amide bonds. The second-order valence-corrected chi connectivity index (χ2v) is 5.85. The van der Waals surface area contributed by atoms with E-state index in [0.717, 1.165) is 12.2 Å². The fraction of sp³-hybridized carbons (Fsp3) is 0.250. The standard InChI is InChI=1S/C16H18INO/c1-12(18-15-5-3-4-14(17)11-15)10-13-6-8-16(19-2)9-7-13/h3-9,11-12,18H,10H2,1-2H3. The smallest absolute Gasteiger partial charge is 0.118 e. The average Bonchev–Trinajstić information content (AvgIpc) is 2.39. The number of rotatable bonds is 5. The van der Waals surface area contributed by atoms with E-state index in [2.05, 4.69) is 71.2 Å². The summed E-state index contributed by atoms with van der Waals surface area (Å²) in [5, 5.41) is 3.52. The van der Waals surface area contributed by atoms with Crippen molar-refractivity contribution in [1.82, 2.24) is 0 Å². The van der Waals surface area contributed by atoms with Crippen molar-refractivity contribution in [3.05, 3.63) is 57.7 Å². The van der Waals surface area contributed by atoms with Gasteiger partial charge in [-0.3, -0.25) is 0 Å². The molecule has 0 aliphatic heterocycles. The van der Waals surface area contributed by atoms with Crippen molar-refractivity contribution in [3.8, 4) is 5.75 Å². The van der Waals surface area contributed by atoms with Crippen LogP contribution >= 0.6 is 22.6 Å². The van der Waals surface area contributed by atoms with E-state index in [1.165, 1.54) is 14.8 Å². The van der Waals surface area contributed by atoms with Gasteiger partial charge in [0, 0.05) is 15.3 Å². The maximum Gasteiger partial charge on any atom is 0.118 e. The molecular formula is C16H18INO. The molecule has 1 N–H and O–H groups in total. The van der Waals surface area contributed by atoms with E-state index >= 15 is 0 Å². The van der Waals surface area contributed by atoms with Crippen LogP contribution in [0.5, 0.6) is 5.75 Å². The summed E-state index contributed by atoms with van der Waals surface area (Å²) in [5.41, 5.74) is 2.49. The van der Waals surface area contributed by atoms with Gasteiger partial charge in [0.2, 0.25) is 0 Å². The van der Waals surface area contributed by atoms with Crippen molar-refractivity contribution in [2.45, 2.75) is 19.4 Å². The molecular weight excluding hydrogens is 349 g/mol. The van der Waals surface area contributed by atoms with Crippen LogP contribution in [-0.2, 0) is 6.42 Å². The van der Waals surface area contributed by atoms with E-state index in [0.29, 0.717) is 6.04 Å².